The van der Waals surface area contributed by atoms with Crippen molar-refractivity contribution in [3.05, 3.63) is 65.2 Å². The molecule has 0 spiro atoms. The summed E-state index contributed by atoms with van der Waals surface area (Å²) in [6, 6.07) is 15.8. The Balaban J connectivity index is 1.96. The number of hydrogen-bond acceptors (Lipinski definition) is 2. The van der Waals surface area contributed by atoms with Gasteiger partial charge in [0.25, 0.3) is 5.91 Å². The third kappa shape index (κ3) is 4.10. The molecule has 0 radical (unpaired) electrons. The number of carbonyl (C=O) groups excluding carboxylic acids is 1. The number of amides is 1. The lowest BCUT2D eigenvalue weighted by Gasteiger charge is -2.20. The molecular formula is C19H23NO2. The molecule has 2 rings (SSSR count). The molecule has 1 amide bonds. The molecule has 22 heavy (non-hydrogen) atoms. The molecule has 0 aliphatic rings. The number of aryl methyl sites for hydroxylation is 2. The van der Waals surface area contributed by atoms with Crippen molar-refractivity contribution in [1.82, 2.24) is 5.32 Å². The monoisotopic (exact) mass is 297 g/mol. The van der Waals surface area contributed by atoms with Crippen LogP contribution in [0.4, 0.5) is 0 Å². The minimum atomic E-state index is -0.533. The van der Waals surface area contributed by atoms with Crippen molar-refractivity contribution < 1.29 is 9.53 Å². The van der Waals surface area contributed by atoms with Gasteiger partial charge in [-0.05, 0) is 44.9 Å². The third-order valence-corrected chi connectivity index (χ3v) is 3.70. The van der Waals surface area contributed by atoms with E-state index < -0.39 is 6.10 Å². The number of hydrogen-bond donors (Lipinski definition) is 1. The second kappa shape index (κ2) is 7.12. The van der Waals surface area contributed by atoms with Crippen molar-refractivity contribution in [2.75, 3.05) is 0 Å². The van der Waals surface area contributed by atoms with Crippen LogP contribution in [0.25, 0.3) is 0 Å². The van der Waals surface area contributed by atoms with Crippen LogP contribution >= 0.6 is 0 Å². The molecule has 2 aromatic carbocycles. The molecule has 0 heterocycles. The highest BCUT2D eigenvalue weighted by Gasteiger charge is 2.18. The van der Waals surface area contributed by atoms with Crippen LogP contribution in [-0.4, -0.2) is 12.0 Å². The van der Waals surface area contributed by atoms with Crippen LogP contribution in [-0.2, 0) is 4.79 Å². The molecule has 0 aliphatic heterocycles. The van der Waals surface area contributed by atoms with Gasteiger partial charge in [0, 0.05) is 0 Å². The Bertz CT molecular complexity index is 634. The number of nitrogens with one attached hydrogen (secondary N) is 1. The molecule has 0 saturated carbocycles. The summed E-state index contributed by atoms with van der Waals surface area (Å²) in [4.78, 5) is 12.3. The highest BCUT2D eigenvalue weighted by atomic mass is 16.5. The zero-order chi connectivity index (χ0) is 16.1. The molecule has 1 N–H and O–H groups in total. The fraction of sp³-hybridized carbons (Fsp3) is 0.316. The Kier molecular flexibility index (Phi) is 5.21. The van der Waals surface area contributed by atoms with Crippen molar-refractivity contribution in [3.8, 4) is 5.75 Å². The van der Waals surface area contributed by atoms with Crippen molar-refractivity contribution >= 4 is 5.91 Å². The summed E-state index contributed by atoms with van der Waals surface area (Å²) in [5, 5.41) is 2.99. The zero-order valence-corrected chi connectivity index (χ0v) is 13.6. The number of rotatable bonds is 5. The normalized spacial score (nSPS) is 13.3. The first kappa shape index (κ1) is 16.1. The van der Waals surface area contributed by atoms with Gasteiger partial charge >= 0.3 is 0 Å². The van der Waals surface area contributed by atoms with E-state index in [1.807, 2.05) is 69.3 Å². The number of carbonyl (C=O) groups is 1. The average Bonchev–Trinajstić information content (AvgIpc) is 2.50. The maximum Gasteiger partial charge on any atom is 0.261 e. The molecule has 0 aliphatic carbocycles. The molecular weight excluding hydrogens is 274 g/mol. The van der Waals surface area contributed by atoms with Gasteiger partial charge in [-0.1, -0.05) is 48.0 Å². The lowest BCUT2D eigenvalue weighted by Crippen LogP contribution is -2.37. The Labute approximate surface area is 132 Å². The fourth-order valence-electron chi connectivity index (χ4n) is 2.20. The van der Waals surface area contributed by atoms with E-state index in [0.717, 1.165) is 16.9 Å². The first-order chi connectivity index (χ1) is 10.5. The molecule has 0 bridgehead atoms. The molecule has 2 atom stereocenters. The van der Waals surface area contributed by atoms with E-state index in [4.69, 9.17) is 4.74 Å². The molecule has 0 aromatic heterocycles. The van der Waals surface area contributed by atoms with E-state index in [-0.39, 0.29) is 11.9 Å². The maximum absolute atomic E-state index is 12.3. The summed E-state index contributed by atoms with van der Waals surface area (Å²) < 4.78 is 5.75. The SMILES string of the molecule is Cc1ccc([C@H](C)NC(=O)[C@H](C)Oc2ccccc2C)cc1. The van der Waals surface area contributed by atoms with Crippen LogP contribution < -0.4 is 10.1 Å². The topological polar surface area (TPSA) is 38.3 Å². The van der Waals surface area contributed by atoms with Crippen molar-refractivity contribution in [2.45, 2.75) is 39.8 Å². The van der Waals surface area contributed by atoms with Gasteiger partial charge < -0.3 is 10.1 Å². The number of ether oxygens (including phenoxy) is 1. The minimum Gasteiger partial charge on any atom is -0.481 e. The van der Waals surface area contributed by atoms with Crippen LogP contribution in [0.5, 0.6) is 5.75 Å². The first-order valence-corrected chi connectivity index (χ1v) is 7.56. The highest BCUT2D eigenvalue weighted by Crippen LogP contribution is 2.18. The largest absolute Gasteiger partial charge is 0.481 e. The lowest BCUT2D eigenvalue weighted by molar-refractivity contribution is -0.127. The zero-order valence-electron chi connectivity index (χ0n) is 13.6. The predicted octanol–water partition coefficient (Wildman–Crippen LogP) is 3.95. The van der Waals surface area contributed by atoms with Crippen LogP contribution in [0.1, 0.15) is 36.6 Å². The van der Waals surface area contributed by atoms with Crippen LogP contribution in [0.3, 0.4) is 0 Å². The summed E-state index contributed by atoms with van der Waals surface area (Å²) >= 11 is 0. The van der Waals surface area contributed by atoms with Crippen LogP contribution in [0.15, 0.2) is 48.5 Å². The van der Waals surface area contributed by atoms with Gasteiger partial charge in [0.05, 0.1) is 6.04 Å². The average molecular weight is 297 g/mol. The van der Waals surface area contributed by atoms with E-state index in [2.05, 4.69) is 5.32 Å². The Morgan fingerprint density at radius 3 is 2.27 bits per heavy atom. The Morgan fingerprint density at radius 1 is 1.00 bits per heavy atom. The van der Waals surface area contributed by atoms with E-state index >= 15 is 0 Å². The van der Waals surface area contributed by atoms with Gasteiger partial charge in [-0.25, -0.2) is 0 Å². The Hall–Kier alpha value is -2.29. The number of benzene rings is 2. The smallest absolute Gasteiger partial charge is 0.261 e. The molecule has 3 heteroatoms. The van der Waals surface area contributed by atoms with Gasteiger partial charge in [0.1, 0.15) is 5.75 Å². The first-order valence-electron chi connectivity index (χ1n) is 7.56. The van der Waals surface area contributed by atoms with Crippen molar-refractivity contribution in [2.24, 2.45) is 0 Å². The molecule has 0 saturated heterocycles. The van der Waals surface area contributed by atoms with Gasteiger partial charge in [0.2, 0.25) is 0 Å². The predicted molar refractivity (Wildman–Crippen MR) is 89.0 cm³/mol. The van der Waals surface area contributed by atoms with Crippen LogP contribution in [0, 0.1) is 13.8 Å². The lowest BCUT2D eigenvalue weighted by atomic mass is 10.1. The quantitative estimate of drug-likeness (QED) is 0.907. The molecule has 0 unspecified atom stereocenters. The maximum atomic E-state index is 12.3. The summed E-state index contributed by atoms with van der Waals surface area (Å²) in [6.07, 6.45) is -0.533. The van der Waals surface area contributed by atoms with Gasteiger partial charge in [-0.2, -0.15) is 0 Å². The highest BCUT2D eigenvalue weighted by molar-refractivity contribution is 5.81. The molecule has 2 aromatic rings. The summed E-state index contributed by atoms with van der Waals surface area (Å²) in [7, 11) is 0. The standard InChI is InChI=1S/C19H23NO2/c1-13-9-11-17(12-10-13)15(3)20-19(21)16(4)22-18-8-6-5-7-14(18)2/h5-12,15-16H,1-4H3,(H,20,21)/t15-,16-/m0/s1. The second-order valence-corrected chi connectivity index (χ2v) is 5.67. The van der Waals surface area contributed by atoms with Gasteiger partial charge in [-0.15, -0.1) is 0 Å². The second-order valence-electron chi connectivity index (χ2n) is 5.67. The summed E-state index contributed by atoms with van der Waals surface area (Å²) in [5.41, 5.74) is 3.31. The van der Waals surface area contributed by atoms with E-state index in [1.54, 1.807) is 6.92 Å². The van der Waals surface area contributed by atoms with Gasteiger partial charge in [0.15, 0.2) is 6.10 Å². The summed E-state index contributed by atoms with van der Waals surface area (Å²) in [6.45, 7) is 7.76. The molecule has 116 valence electrons. The molecule has 0 fully saturated rings. The molecule has 3 nitrogen and oxygen atoms in total. The van der Waals surface area contributed by atoms with E-state index in [0.29, 0.717) is 0 Å². The van der Waals surface area contributed by atoms with E-state index in [1.165, 1.54) is 5.56 Å². The van der Waals surface area contributed by atoms with Gasteiger partial charge in [-0.3, -0.25) is 4.79 Å². The minimum absolute atomic E-state index is 0.0454. The fourth-order valence-corrected chi connectivity index (χ4v) is 2.20. The van der Waals surface area contributed by atoms with Crippen LogP contribution in [0.2, 0.25) is 0 Å². The third-order valence-electron chi connectivity index (χ3n) is 3.70. The number of para-hydroxylation sites is 1. The van der Waals surface area contributed by atoms with E-state index in [9.17, 15) is 4.79 Å². The Morgan fingerprint density at radius 2 is 1.64 bits per heavy atom. The summed E-state index contributed by atoms with van der Waals surface area (Å²) in [5.74, 6) is 0.629. The van der Waals surface area contributed by atoms with Crippen molar-refractivity contribution in [3.63, 3.8) is 0 Å². The van der Waals surface area contributed by atoms with Crippen molar-refractivity contribution in [1.29, 1.82) is 0 Å².